The molecule has 28 heavy (non-hydrogen) atoms. The Morgan fingerprint density at radius 1 is 1.18 bits per heavy atom. The number of benzene rings is 2. The summed E-state index contributed by atoms with van der Waals surface area (Å²) in [6.45, 7) is 4.90. The summed E-state index contributed by atoms with van der Waals surface area (Å²) in [6, 6.07) is 13.1. The highest BCUT2D eigenvalue weighted by Gasteiger charge is 2.16. The maximum absolute atomic E-state index is 13.3. The van der Waals surface area contributed by atoms with E-state index < -0.39 is 0 Å². The summed E-state index contributed by atoms with van der Waals surface area (Å²) in [6.07, 6.45) is 0. The number of para-hydroxylation sites is 1. The van der Waals surface area contributed by atoms with Crippen LogP contribution in [0.2, 0.25) is 0 Å². The molecule has 0 spiro atoms. The molecule has 0 fully saturated rings. The van der Waals surface area contributed by atoms with Gasteiger partial charge in [-0.25, -0.2) is 4.98 Å². The summed E-state index contributed by atoms with van der Waals surface area (Å²) in [7, 11) is 1.59. The number of hydrogen-bond donors (Lipinski definition) is 1. The number of fused-ring (bicyclic) bond motifs is 1. The molecule has 0 aliphatic heterocycles. The fourth-order valence-electron chi connectivity index (χ4n) is 2.87. The van der Waals surface area contributed by atoms with Crippen molar-refractivity contribution in [1.29, 1.82) is 0 Å². The molecule has 3 aromatic rings. The van der Waals surface area contributed by atoms with Gasteiger partial charge in [0.15, 0.2) is 5.16 Å². The van der Waals surface area contributed by atoms with Gasteiger partial charge in [-0.1, -0.05) is 36.0 Å². The van der Waals surface area contributed by atoms with E-state index in [1.165, 1.54) is 11.8 Å². The number of carbonyl (C=O) groups excluding carboxylic acids is 1. The van der Waals surface area contributed by atoms with Crippen LogP contribution in [-0.4, -0.2) is 41.5 Å². The smallest absolute Gasteiger partial charge is 0.266 e. The van der Waals surface area contributed by atoms with E-state index in [1.54, 1.807) is 17.7 Å². The van der Waals surface area contributed by atoms with E-state index in [9.17, 15) is 9.59 Å². The number of carbonyl (C=O) groups is 1. The van der Waals surface area contributed by atoms with Crippen LogP contribution >= 0.6 is 11.8 Å². The number of aryl methyl sites for hydroxylation is 1. The lowest BCUT2D eigenvalue weighted by atomic mass is 10.1. The average Bonchev–Trinajstić information content (AvgIpc) is 2.69. The second-order valence-corrected chi connectivity index (χ2v) is 7.35. The largest absolute Gasteiger partial charge is 0.383 e. The first-order valence-electron chi connectivity index (χ1n) is 8.99. The third kappa shape index (κ3) is 4.26. The Morgan fingerprint density at radius 2 is 1.96 bits per heavy atom. The Balaban J connectivity index is 2.04. The highest BCUT2D eigenvalue weighted by Crippen LogP contribution is 2.24. The number of hydrogen-bond acceptors (Lipinski definition) is 5. The third-order valence-electron chi connectivity index (χ3n) is 4.52. The van der Waals surface area contributed by atoms with Crippen LogP contribution in [-0.2, 0) is 9.53 Å². The lowest BCUT2D eigenvalue weighted by Gasteiger charge is -2.16. The van der Waals surface area contributed by atoms with Crippen LogP contribution in [0.15, 0.2) is 52.4 Å². The van der Waals surface area contributed by atoms with Crippen molar-refractivity contribution in [3.8, 4) is 5.69 Å². The van der Waals surface area contributed by atoms with Gasteiger partial charge in [0.2, 0.25) is 5.91 Å². The Hall–Kier alpha value is -2.64. The highest BCUT2D eigenvalue weighted by atomic mass is 32.2. The molecule has 1 amide bonds. The molecule has 0 unspecified atom stereocenters. The summed E-state index contributed by atoms with van der Waals surface area (Å²) in [4.78, 5) is 30.0. The number of aromatic nitrogens is 2. The molecule has 146 valence electrons. The lowest BCUT2D eigenvalue weighted by Crippen LogP contribution is -2.29. The van der Waals surface area contributed by atoms with Gasteiger partial charge in [-0.3, -0.25) is 14.2 Å². The van der Waals surface area contributed by atoms with Gasteiger partial charge in [-0.15, -0.1) is 0 Å². The second kappa shape index (κ2) is 9.03. The molecule has 2 aromatic carbocycles. The molecule has 1 N–H and O–H groups in total. The third-order valence-corrected chi connectivity index (χ3v) is 5.46. The van der Waals surface area contributed by atoms with Crippen molar-refractivity contribution in [3.05, 3.63) is 63.9 Å². The van der Waals surface area contributed by atoms with Crippen LogP contribution in [0, 0.1) is 13.8 Å². The van der Waals surface area contributed by atoms with Crippen LogP contribution in [0.25, 0.3) is 16.6 Å². The lowest BCUT2D eigenvalue weighted by molar-refractivity contribution is -0.118. The molecule has 0 saturated heterocycles. The quantitative estimate of drug-likeness (QED) is 0.377. The SMILES string of the molecule is COCCNC(=O)CSc1nc2ccccc2c(=O)n1-c1cccc(C)c1C. The number of methoxy groups -OCH3 is 1. The molecule has 6 nitrogen and oxygen atoms in total. The maximum atomic E-state index is 13.3. The van der Waals surface area contributed by atoms with Crippen LogP contribution in [0.5, 0.6) is 0 Å². The average molecular weight is 398 g/mol. The van der Waals surface area contributed by atoms with E-state index in [0.717, 1.165) is 16.8 Å². The first-order chi connectivity index (χ1) is 13.5. The number of thioether (sulfide) groups is 1. The van der Waals surface area contributed by atoms with Crippen molar-refractivity contribution in [2.45, 2.75) is 19.0 Å². The first kappa shape index (κ1) is 20.1. The molecule has 1 heterocycles. The van der Waals surface area contributed by atoms with E-state index in [1.807, 2.05) is 50.2 Å². The van der Waals surface area contributed by atoms with Crippen molar-refractivity contribution < 1.29 is 9.53 Å². The van der Waals surface area contributed by atoms with Gasteiger partial charge in [-0.05, 0) is 43.2 Å². The fraction of sp³-hybridized carbons (Fsp3) is 0.286. The molecule has 0 radical (unpaired) electrons. The molecule has 3 rings (SSSR count). The van der Waals surface area contributed by atoms with Crippen LogP contribution < -0.4 is 10.9 Å². The molecule has 1 aromatic heterocycles. The minimum Gasteiger partial charge on any atom is -0.383 e. The number of nitrogens with one attached hydrogen (secondary N) is 1. The fourth-order valence-corrected chi connectivity index (χ4v) is 3.71. The van der Waals surface area contributed by atoms with Gasteiger partial charge in [-0.2, -0.15) is 0 Å². The predicted molar refractivity (Wildman–Crippen MR) is 112 cm³/mol. The number of ether oxygens (including phenoxy) is 1. The van der Waals surface area contributed by atoms with Crippen molar-refractivity contribution in [1.82, 2.24) is 14.9 Å². The molecule has 0 aliphatic rings. The summed E-state index contributed by atoms with van der Waals surface area (Å²) in [5.41, 5.74) is 3.36. The van der Waals surface area contributed by atoms with Crippen LogP contribution in [0.1, 0.15) is 11.1 Å². The van der Waals surface area contributed by atoms with Crippen molar-refractivity contribution >= 4 is 28.6 Å². The zero-order valence-electron chi connectivity index (χ0n) is 16.2. The van der Waals surface area contributed by atoms with E-state index in [-0.39, 0.29) is 17.2 Å². The summed E-state index contributed by atoms with van der Waals surface area (Å²) in [5.74, 6) is 0.0382. The Labute approximate surface area is 167 Å². The van der Waals surface area contributed by atoms with Gasteiger partial charge < -0.3 is 10.1 Å². The zero-order valence-corrected chi connectivity index (χ0v) is 17.0. The molecule has 0 atom stereocenters. The highest BCUT2D eigenvalue weighted by molar-refractivity contribution is 7.99. The topological polar surface area (TPSA) is 73.2 Å². The number of amides is 1. The minimum atomic E-state index is -0.137. The molecular weight excluding hydrogens is 374 g/mol. The van der Waals surface area contributed by atoms with Crippen LogP contribution in [0.3, 0.4) is 0 Å². The standard InChI is InChI=1S/C21H23N3O3S/c1-14-7-6-10-18(15(14)2)24-20(26)16-8-4-5-9-17(16)23-21(24)28-13-19(25)22-11-12-27-3/h4-10H,11-13H2,1-3H3,(H,22,25). The van der Waals surface area contributed by atoms with Crippen molar-refractivity contribution in [2.75, 3.05) is 26.0 Å². The molecule has 0 bridgehead atoms. The number of rotatable bonds is 7. The summed E-state index contributed by atoms with van der Waals surface area (Å²) < 4.78 is 6.55. The van der Waals surface area contributed by atoms with E-state index >= 15 is 0 Å². The van der Waals surface area contributed by atoms with Gasteiger partial charge in [0.05, 0.1) is 29.0 Å². The second-order valence-electron chi connectivity index (χ2n) is 6.40. The van der Waals surface area contributed by atoms with E-state index in [4.69, 9.17) is 4.74 Å². The number of nitrogens with zero attached hydrogens (tertiary/aromatic N) is 2. The molecular formula is C21H23N3O3S. The monoisotopic (exact) mass is 397 g/mol. The minimum absolute atomic E-state index is 0.128. The molecule has 0 aliphatic carbocycles. The normalized spacial score (nSPS) is 11.0. The van der Waals surface area contributed by atoms with Gasteiger partial charge >= 0.3 is 0 Å². The Morgan fingerprint density at radius 3 is 2.75 bits per heavy atom. The van der Waals surface area contributed by atoms with Gasteiger partial charge in [0.25, 0.3) is 5.56 Å². The summed E-state index contributed by atoms with van der Waals surface area (Å²) in [5, 5.41) is 3.84. The van der Waals surface area contributed by atoms with Crippen molar-refractivity contribution in [3.63, 3.8) is 0 Å². The molecule has 0 saturated carbocycles. The predicted octanol–water partition coefficient (Wildman–Crippen LogP) is 2.86. The van der Waals surface area contributed by atoms with Crippen LogP contribution in [0.4, 0.5) is 0 Å². The first-order valence-corrected chi connectivity index (χ1v) is 9.98. The van der Waals surface area contributed by atoms with E-state index in [0.29, 0.717) is 29.2 Å². The summed E-state index contributed by atoms with van der Waals surface area (Å²) >= 11 is 1.25. The Bertz CT molecular complexity index is 1060. The molecule has 7 heteroatoms. The zero-order chi connectivity index (χ0) is 20.1. The van der Waals surface area contributed by atoms with Gasteiger partial charge in [0, 0.05) is 13.7 Å². The Kier molecular flexibility index (Phi) is 6.49. The maximum Gasteiger partial charge on any atom is 0.266 e. The van der Waals surface area contributed by atoms with Gasteiger partial charge in [0.1, 0.15) is 0 Å². The van der Waals surface area contributed by atoms with E-state index in [2.05, 4.69) is 10.3 Å². The van der Waals surface area contributed by atoms with Crippen molar-refractivity contribution in [2.24, 2.45) is 0 Å².